The number of carbonyl (C=O) groups excluding carboxylic acids is 1. The summed E-state index contributed by atoms with van der Waals surface area (Å²) in [5, 5.41) is 4.65. The lowest BCUT2D eigenvalue weighted by Gasteiger charge is -2.09. The van der Waals surface area contributed by atoms with Crippen LogP contribution in [0.4, 0.5) is 5.69 Å². The van der Waals surface area contributed by atoms with Crippen molar-refractivity contribution in [3.05, 3.63) is 83.4 Å². The number of amides is 1. The van der Waals surface area contributed by atoms with Crippen LogP contribution in [0, 0.1) is 0 Å². The topological polar surface area (TPSA) is 42.0 Å². The molecule has 0 fully saturated rings. The number of hydrogen-bond acceptors (Lipinski definition) is 3. The Hall–Kier alpha value is -2.69. The Morgan fingerprint density at radius 3 is 2.52 bits per heavy atom. The van der Waals surface area contributed by atoms with Crippen LogP contribution in [-0.2, 0) is 11.2 Å². The van der Waals surface area contributed by atoms with Crippen molar-refractivity contribution in [1.29, 1.82) is 0 Å². The van der Waals surface area contributed by atoms with E-state index in [-0.39, 0.29) is 5.91 Å². The van der Waals surface area contributed by atoms with Gasteiger partial charge in [-0.05, 0) is 48.4 Å². The lowest BCUT2D eigenvalue weighted by molar-refractivity contribution is -0.116. The molecule has 1 aromatic heterocycles. The van der Waals surface area contributed by atoms with Gasteiger partial charge in [-0.15, -0.1) is 11.3 Å². The number of fused-ring (bicyclic) bond motifs is 1. The van der Waals surface area contributed by atoms with E-state index >= 15 is 0 Å². The summed E-state index contributed by atoms with van der Waals surface area (Å²) in [6, 6.07) is 23.4. The van der Waals surface area contributed by atoms with Crippen molar-refractivity contribution < 1.29 is 4.79 Å². The molecule has 0 unspecified atom stereocenters. The van der Waals surface area contributed by atoms with E-state index in [4.69, 9.17) is 16.6 Å². The smallest absolute Gasteiger partial charge is 0.224 e. The first-order chi connectivity index (χ1) is 13.2. The summed E-state index contributed by atoms with van der Waals surface area (Å²) in [6.45, 7) is 0. The van der Waals surface area contributed by atoms with Crippen molar-refractivity contribution >= 4 is 44.7 Å². The minimum Gasteiger partial charge on any atom is -0.325 e. The molecular weight excluding hydrogens is 376 g/mol. The van der Waals surface area contributed by atoms with Crippen LogP contribution in [0.25, 0.3) is 20.8 Å². The lowest BCUT2D eigenvalue weighted by Crippen LogP contribution is -2.13. The molecule has 3 nitrogen and oxygen atoms in total. The first-order valence-electron chi connectivity index (χ1n) is 8.68. The Morgan fingerprint density at radius 2 is 1.70 bits per heavy atom. The van der Waals surface area contributed by atoms with Gasteiger partial charge in [0.15, 0.2) is 0 Å². The number of nitrogens with one attached hydrogen (secondary N) is 1. The molecule has 5 heteroatoms. The molecule has 0 aliphatic rings. The molecule has 0 radical (unpaired) electrons. The first-order valence-corrected chi connectivity index (χ1v) is 9.88. The fourth-order valence-corrected chi connectivity index (χ4v) is 4.02. The van der Waals surface area contributed by atoms with Gasteiger partial charge < -0.3 is 5.32 Å². The predicted octanol–water partition coefficient (Wildman–Crippen LogP) is 6.19. The second kappa shape index (κ2) is 7.91. The van der Waals surface area contributed by atoms with Crippen LogP contribution < -0.4 is 5.32 Å². The van der Waals surface area contributed by atoms with Crippen LogP contribution in [0.15, 0.2) is 72.8 Å². The summed E-state index contributed by atoms with van der Waals surface area (Å²) >= 11 is 7.53. The number of rotatable bonds is 5. The Bertz CT molecular complexity index is 1060. The predicted molar refractivity (Wildman–Crippen MR) is 113 cm³/mol. The number of anilines is 1. The molecular formula is C22H17ClN2OS. The van der Waals surface area contributed by atoms with Crippen molar-refractivity contribution in [3.8, 4) is 10.6 Å². The third-order valence-electron chi connectivity index (χ3n) is 4.28. The number of carbonyl (C=O) groups is 1. The highest BCUT2D eigenvalue weighted by molar-refractivity contribution is 7.21. The molecule has 0 atom stereocenters. The number of halogens is 1. The zero-order chi connectivity index (χ0) is 18.6. The van der Waals surface area contributed by atoms with Gasteiger partial charge in [-0.3, -0.25) is 4.79 Å². The van der Waals surface area contributed by atoms with Gasteiger partial charge in [0.25, 0.3) is 0 Å². The molecule has 0 saturated heterocycles. The van der Waals surface area contributed by atoms with Gasteiger partial charge in [0.2, 0.25) is 5.91 Å². The highest BCUT2D eigenvalue weighted by Crippen LogP contribution is 2.34. The van der Waals surface area contributed by atoms with Crippen molar-refractivity contribution in [3.63, 3.8) is 0 Å². The van der Waals surface area contributed by atoms with E-state index in [1.165, 1.54) is 0 Å². The van der Waals surface area contributed by atoms with Crippen molar-refractivity contribution in [2.45, 2.75) is 12.8 Å². The van der Waals surface area contributed by atoms with Gasteiger partial charge in [-0.1, -0.05) is 48.0 Å². The average Bonchev–Trinajstić information content (AvgIpc) is 3.12. The van der Waals surface area contributed by atoms with Crippen molar-refractivity contribution in [2.24, 2.45) is 0 Å². The largest absolute Gasteiger partial charge is 0.325 e. The fraction of sp³-hybridized carbons (Fsp3) is 0.0909. The van der Waals surface area contributed by atoms with Gasteiger partial charge in [0.1, 0.15) is 5.01 Å². The van der Waals surface area contributed by atoms with Crippen LogP contribution >= 0.6 is 22.9 Å². The van der Waals surface area contributed by atoms with E-state index in [2.05, 4.69) is 11.4 Å². The Labute approximate surface area is 166 Å². The number of hydrogen-bond donors (Lipinski definition) is 1. The minimum atomic E-state index is -0.0153. The summed E-state index contributed by atoms with van der Waals surface area (Å²) < 4.78 is 1.14. The number of thiazole rings is 1. The zero-order valence-corrected chi connectivity index (χ0v) is 16.1. The Kier molecular flexibility index (Phi) is 5.19. The van der Waals surface area contributed by atoms with E-state index < -0.39 is 0 Å². The summed E-state index contributed by atoms with van der Waals surface area (Å²) in [5.74, 6) is -0.0153. The number of nitrogens with zero attached hydrogens (tertiary/aromatic N) is 1. The third kappa shape index (κ3) is 4.18. The molecule has 1 heterocycles. The number of para-hydroxylation sites is 2. The van der Waals surface area contributed by atoms with Crippen LogP contribution in [0.2, 0.25) is 5.02 Å². The fourth-order valence-electron chi connectivity index (χ4n) is 2.89. The number of benzene rings is 3. The van der Waals surface area contributed by atoms with Gasteiger partial charge in [-0.25, -0.2) is 4.98 Å². The molecule has 1 amide bonds. The van der Waals surface area contributed by atoms with Crippen LogP contribution in [-0.4, -0.2) is 10.9 Å². The van der Waals surface area contributed by atoms with Crippen LogP contribution in [0.5, 0.6) is 0 Å². The highest BCUT2D eigenvalue weighted by Gasteiger charge is 2.12. The summed E-state index contributed by atoms with van der Waals surface area (Å²) in [5.41, 5.74) is 3.80. The standard InChI is InChI=1S/C22H17ClN2OS/c23-16-12-9-15(10-13-16)11-14-21(26)24-18-6-2-1-5-17(18)22-25-19-7-3-4-8-20(19)27-22/h1-10,12-13H,11,14H2,(H,24,26). The second-order valence-corrected chi connectivity index (χ2v) is 7.67. The molecule has 0 spiro atoms. The molecule has 4 rings (SSSR count). The van der Waals surface area contributed by atoms with Crippen LogP contribution in [0.1, 0.15) is 12.0 Å². The monoisotopic (exact) mass is 392 g/mol. The lowest BCUT2D eigenvalue weighted by atomic mass is 10.1. The number of aryl methyl sites for hydroxylation is 1. The summed E-state index contributed by atoms with van der Waals surface area (Å²) in [6.07, 6.45) is 1.09. The van der Waals surface area contributed by atoms with E-state index in [0.717, 1.165) is 32.0 Å². The first kappa shape index (κ1) is 17.7. The molecule has 0 aliphatic heterocycles. The molecule has 4 aromatic rings. The van der Waals surface area contributed by atoms with E-state index in [1.807, 2.05) is 66.7 Å². The third-order valence-corrected chi connectivity index (χ3v) is 5.60. The normalized spacial score (nSPS) is 10.9. The highest BCUT2D eigenvalue weighted by atomic mass is 35.5. The second-order valence-electron chi connectivity index (χ2n) is 6.21. The Balaban J connectivity index is 1.50. The van der Waals surface area contributed by atoms with Crippen molar-refractivity contribution in [2.75, 3.05) is 5.32 Å². The summed E-state index contributed by atoms with van der Waals surface area (Å²) in [4.78, 5) is 17.2. The SMILES string of the molecule is O=C(CCc1ccc(Cl)cc1)Nc1ccccc1-c1nc2ccccc2s1. The maximum absolute atomic E-state index is 12.5. The quantitative estimate of drug-likeness (QED) is 0.440. The molecule has 27 heavy (non-hydrogen) atoms. The maximum atomic E-state index is 12.5. The van der Waals surface area contributed by atoms with E-state index in [9.17, 15) is 4.79 Å². The Morgan fingerprint density at radius 1 is 0.963 bits per heavy atom. The maximum Gasteiger partial charge on any atom is 0.224 e. The molecule has 0 bridgehead atoms. The van der Waals surface area contributed by atoms with Gasteiger partial charge in [-0.2, -0.15) is 0 Å². The molecule has 1 N–H and O–H groups in total. The van der Waals surface area contributed by atoms with Gasteiger partial charge in [0, 0.05) is 17.0 Å². The van der Waals surface area contributed by atoms with Crippen molar-refractivity contribution in [1.82, 2.24) is 4.98 Å². The average molecular weight is 393 g/mol. The molecule has 134 valence electrons. The van der Waals surface area contributed by atoms with Crippen LogP contribution in [0.3, 0.4) is 0 Å². The zero-order valence-electron chi connectivity index (χ0n) is 14.5. The summed E-state index contributed by atoms with van der Waals surface area (Å²) in [7, 11) is 0. The molecule has 0 saturated carbocycles. The van der Waals surface area contributed by atoms with Gasteiger partial charge in [0.05, 0.1) is 15.9 Å². The molecule has 0 aliphatic carbocycles. The van der Waals surface area contributed by atoms with E-state index in [0.29, 0.717) is 17.9 Å². The molecule has 3 aromatic carbocycles. The number of aromatic nitrogens is 1. The van der Waals surface area contributed by atoms with E-state index in [1.54, 1.807) is 11.3 Å². The van der Waals surface area contributed by atoms with Gasteiger partial charge >= 0.3 is 0 Å². The minimum absolute atomic E-state index is 0.0153.